The van der Waals surface area contributed by atoms with Gasteiger partial charge in [-0.15, -0.1) is 11.3 Å². The number of nitrogens with one attached hydrogen (secondary N) is 1. The third-order valence-electron chi connectivity index (χ3n) is 5.23. The Morgan fingerprint density at radius 2 is 1.80 bits per heavy atom. The average molecular weight is 424 g/mol. The van der Waals surface area contributed by atoms with Crippen LogP contribution in [0.5, 0.6) is 11.5 Å². The average Bonchev–Trinajstić information content (AvgIpc) is 3.43. The van der Waals surface area contributed by atoms with Crippen molar-refractivity contribution in [2.75, 3.05) is 37.5 Å². The smallest absolute Gasteiger partial charge is 0.267 e. The predicted octanol–water partition coefficient (Wildman–Crippen LogP) is 4.99. The Bertz CT molecular complexity index is 1060. The van der Waals surface area contributed by atoms with Crippen LogP contribution in [0.2, 0.25) is 0 Å². The maximum Gasteiger partial charge on any atom is 0.267 e. The molecule has 1 fully saturated rings. The fourth-order valence-electron chi connectivity index (χ4n) is 3.69. The van der Waals surface area contributed by atoms with E-state index in [1.165, 1.54) is 24.2 Å². The predicted molar refractivity (Wildman–Crippen MR) is 121 cm³/mol. The Balaban J connectivity index is 1.59. The van der Waals surface area contributed by atoms with Gasteiger partial charge in [-0.25, -0.2) is 4.98 Å². The summed E-state index contributed by atoms with van der Waals surface area (Å²) in [7, 11) is 3.21. The third kappa shape index (κ3) is 3.98. The van der Waals surface area contributed by atoms with Gasteiger partial charge < -0.3 is 19.7 Å². The third-order valence-corrected chi connectivity index (χ3v) is 6.44. The highest BCUT2D eigenvalue weighted by Crippen LogP contribution is 2.36. The first-order valence-electron chi connectivity index (χ1n) is 9.96. The van der Waals surface area contributed by atoms with E-state index in [2.05, 4.69) is 21.3 Å². The first-order valence-corrected chi connectivity index (χ1v) is 10.8. The Labute approximate surface area is 180 Å². The van der Waals surface area contributed by atoms with Crippen molar-refractivity contribution in [3.63, 3.8) is 0 Å². The number of benzene rings is 2. The number of nitrogens with zero attached hydrogens (tertiary/aromatic N) is 2. The Kier molecular flexibility index (Phi) is 5.90. The molecule has 4 rings (SSSR count). The molecule has 1 aliphatic rings. The van der Waals surface area contributed by atoms with Gasteiger partial charge in [0.15, 0.2) is 11.5 Å². The van der Waals surface area contributed by atoms with E-state index in [1.807, 2.05) is 43.3 Å². The number of para-hydroxylation sites is 2. The molecule has 0 spiro atoms. The molecule has 0 bridgehead atoms. The number of hydrogen-bond donors (Lipinski definition) is 1. The van der Waals surface area contributed by atoms with Crippen LogP contribution in [-0.4, -0.2) is 38.2 Å². The first-order chi connectivity index (χ1) is 14.6. The van der Waals surface area contributed by atoms with Crippen molar-refractivity contribution >= 4 is 28.6 Å². The van der Waals surface area contributed by atoms with Gasteiger partial charge in [-0.1, -0.05) is 12.1 Å². The number of aromatic nitrogens is 1. The fraction of sp³-hybridized carbons (Fsp3) is 0.304. The summed E-state index contributed by atoms with van der Waals surface area (Å²) in [5, 5.41) is 3.87. The molecule has 1 aromatic heterocycles. The molecule has 3 aromatic rings. The van der Waals surface area contributed by atoms with Crippen LogP contribution in [-0.2, 0) is 0 Å². The number of anilines is 2. The number of hydrogen-bond acceptors (Lipinski definition) is 6. The van der Waals surface area contributed by atoms with Gasteiger partial charge in [0.2, 0.25) is 0 Å². The zero-order valence-electron chi connectivity index (χ0n) is 17.4. The maximum absolute atomic E-state index is 13.1. The van der Waals surface area contributed by atoms with E-state index >= 15 is 0 Å². The molecule has 2 aromatic carbocycles. The zero-order chi connectivity index (χ0) is 21.1. The van der Waals surface area contributed by atoms with Crippen LogP contribution in [0.3, 0.4) is 0 Å². The molecule has 1 aliphatic heterocycles. The van der Waals surface area contributed by atoms with Crippen molar-refractivity contribution in [2.45, 2.75) is 19.8 Å². The number of carbonyl (C=O) groups excluding carboxylic acids is 1. The molecule has 7 heteroatoms. The molecule has 1 N–H and O–H groups in total. The van der Waals surface area contributed by atoms with Crippen molar-refractivity contribution in [2.24, 2.45) is 0 Å². The topological polar surface area (TPSA) is 63.7 Å². The van der Waals surface area contributed by atoms with Crippen LogP contribution in [0, 0.1) is 6.92 Å². The monoisotopic (exact) mass is 423 g/mol. The lowest BCUT2D eigenvalue weighted by Crippen LogP contribution is -2.21. The summed E-state index contributed by atoms with van der Waals surface area (Å²) in [6.07, 6.45) is 2.37. The van der Waals surface area contributed by atoms with Crippen molar-refractivity contribution in [3.8, 4) is 22.1 Å². The SMILES string of the molecule is COc1ccc(-c2nc(C)c(C(=O)Nc3ccccc3N3CCCC3)s2)cc1OC. The molecule has 0 atom stereocenters. The number of methoxy groups -OCH3 is 2. The summed E-state index contributed by atoms with van der Waals surface area (Å²) in [4.78, 5) is 20.6. The summed E-state index contributed by atoms with van der Waals surface area (Å²) in [6.45, 7) is 3.91. The zero-order valence-corrected chi connectivity index (χ0v) is 18.2. The minimum atomic E-state index is -0.136. The largest absolute Gasteiger partial charge is 0.493 e. The van der Waals surface area contributed by atoms with Gasteiger partial charge >= 0.3 is 0 Å². The molecule has 0 saturated carbocycles. The summed E-state index contributed by atoms with van der Waals surface area (Å²) >= 11 is 1.38. The van der Waals surface area contributed by atoms with Crippen LogP contribution in [0.15, 0.2) is 42.5 Å². The standard InChI is InChI=1S/C23H25N3O3S/c1-15-21(30-23(24-15)16-10-11-19(28-2)20(14-16)29-3)22(27)25-17-8-4-5-9-18(17)26-12-6-7-13-26/h4-5,8-11,14H,6-7,12-13H2,1-3H3,(H,25,27). The van der Waals surface area contributed by atoms with E-state index in [4.69, 9.17) is 9.47 Å². The van der Waals surface area contributed by atoms with Gasteiger partial charge in [-0.3, -0.25) is 4.79 Å². The summed E-state index contributed by atoms with van der Waals surface area (Å²) in [5.74, 6) is 1.16. The molecule has 1 saturated heterocycles. The highest BCUT2D eigenvalue weighted by atomic mass is 32.1. The van der Waals surface area contributed by atoms with E-state index < -0.39 is 0 Å². The minimum absolute atomic E-state index is 0.136. The number of ether oxygens (including phenoxy) is 2. The van der Waals surface area contributed by atoms with E-state index in [0.29, 0.717) is 22.1 Å². The minimum Gasteiger partial charge on any atom is -0.493 e. The van der Waals surface area contributed by atoms with Crippen LogP contribution in [0.4, 0.5) is 11.4 Å². The second kappa shape index (κ2) is 8.75. The molecule has 30 heavy (non-hydrogen) atoms. The van der Waals surface area contributed by atoms with Crippen LogP contribution in [0.1, 0.15) is 28.2 Å². The van der Waals surface area contributed by atoms with Crippen LogP contribution in [0.25, 0.3) is 10.6 Å². The molecule has 0 aliphatic carbocycles. The molecular formula is C23H25N3O3S. The normalized spacial score (nSPS) is 13.4. The van der Waals surface area contributed by atoms with Gasteiger partial charge in [0.05, 0.1) is 31.3 Å². The van der Waals surface area contributed by atoms with E-state index in [-0.39, 0.29) is 5.91 Å². The molecule has 0 radical (unpaired) electrons. The van der Waals surface area contributed by atoms with Crippen molar-refractivity contribution in [3.05, 3.63) is 53.0 Å². The molecule has 156 valence electrons. The summed E-state index contributed by atoms with van der Waals surface area (Å²) < 4.78 is 10.7. The highest BCUT2D eigenvalue weighted by Gasteiger charge is 2.20. The fourth-order valence-corrected chi connectivity index (χ4v) is 4.65. The molecule has 2 heterocycles. The number of amides is 1. The van der Waals surface area contributed by atoms with Gasteiger partial charge in [0.1, 0.15) is 9.88 Å². The van der Waals surface area contributed by atoms with Crippen LogP contribution >= 0.6 is 11.3 Å². The highest BCUT2D eigenvalue weighted by molar-refractivity contribution is 7.17. The van der Waals surface area contributed by atoms with Gasteiger partial charge in [-0.05, 0) is 50.1 Å². The van der Waals surface area contributed by atoms with Crippen LogP contribution < -0.4 is 19.7 Å². The lowest BCUT2D eigenvalue weighted by Gasteiger charge is -2.21. The second-order valence-electron chi connectivity index (χ2n) is 7.17. The van der Waals surface area contributed by atoms with Crippen molar-refractivity contribution < 1.29 is 14.3 Å². The Morgan fingerprint density at radius 3 is 2.53 bits per heavy atom. The molecular weight excluding hydrogens is 398 g/mol. The van der Waals surface area contributed by atoms with E-state index in [9.17, 15) is 4.79 Å². The lowest BCUT2D eigenvalue weighted by molar-refractivity contribution is 0.103. The van der Waals surface area contributed by atoms with Gasteiger partial charge in [0.25, 0.3) is 5.91 Å². The number of aryl methyl sites for hydroxylation is 1. The summed E-state index contributed by atoms with van der Waals surface area (Å²) in [5.41, 5.74) is 3.51. The summed E-state index contributed by atoms with van der Waals surface area (Å²) in [6, 6.07) is 13.6. The van der Waals surface area contributed by atoms with E-state index in [1.54, 1.807) is 14.2 Å². The van der Waals surface area contributed by atoms with Crippen molar-refractivity contribution in [1.29, 1.82) is 0 Å². The molecule has 0 unspecified atom stereocenters. The van der Waals surface area contributed by atoms with Crippen molar-refractivity contribution in [1.82, 2.24) is 4.98 Å². The molecule has 6 nitrogen and oxygen atoms in total. The van der Waals surface area contributed by atoms with Gasteiger partial charge in [-0.2, -0.15) is 0 Å². The Hall–Kier alpha value is -3.06. The second-order valence-corrected chi connectivity index (χ2v) is 8.17. The number of carbonyl (C=O) groups is 1. The van der Waals surface area contributed by atoms with E-state index in [0.717, 1.165) is 35.0 Å². The quantitative estimate of drug-likeness (QED) is 0.605. The Morgan fingerprint density at radius 1 is 1.07 bits per heavy atom. The number of rotatable bonds is 6. The number of thiazole rings is 1. The lowest BCUT2D eigenvalue weighted by atomic mass is 10.2. The maximum atomic E-state index is 13.1. The molecule has 1 amide bonds. The first kappa shape index (κ1) is 20.2. The van der Waals surface area contributed by atoms with Gasteiger partial charge in [0, 0.05) is 18.7 Å².